The predicted octanol–water partition coefficient (Wildman–Crippen LogP) is 6.74. The molecule has 0 saturated carbocycles. The van der Waals surface area contributed by atoms with Gasteiger partial charge in [-0.1, -0.05) is 37.0 Å². The molecule has 0 amide bonds. The molecule has 2 rings (SSSR count). The zero-order valence-electron chi connectivity index (χ0n) is 16.1. The van der Waals surface area contributed by atoms with Crippen molar-refractivity contribution in [1.82, 2.24) is 0 Å². The third-order valence-corrected chi connectivity index (χ3v) is 4.49. The zero-order valence-corrected chi connectivity index (χ0v) is 17.7. The monoisotopic (exact) mass is 426 g/mol. The largest absolute Gasteiger partial charge is 0.493 e. The second kappa shape index (κ2) is 11.8. The van der Waals surface area contributed by atoms with Crippen LogP contribution < -0.4 is 14.2 Å². The number of ether oxygens (including phenoxy) is 3. The Morgan fingerprint density at radius 1 is 0.929 bits per heavy atom. The van der Waals surface area contributed by atoms with E-state index in [1.54, 1.807) is 12.1 Å². The number of halogens is 3. The maximum Gasteiger partial charge on any atom is 0.188 e. The first-order valence-electron chi connectivity index (χ1n) is 9.34. The van der Waals surface area contributed by atoms with Crippen molar-refractivity contribution < 1.29 is 18.6 Å². The van der Waals surface area contributed by atoms with E-state index >= 15 is 0 Å². The van der Waals surface area contributed by atoms with Crippen molar-refractivity contribution in [3.63, 3.8) is 0 Å². The zero-order chi connectivity index (χ0) is 20.4. The number of hydrogen-bond donors (Lipinski definition) is 0. The lowest BCUT2D eigenvalue weighted by atomic mass is 10.0. The summed E-state index contributed by atoms with van der Waals surface area (Å²) < 4.78 is 29.9. The van der Waals surface area contributed by atoms with Crippen LogP contribution in [0.1, 0.15) is 31.4 Å². The lowest BCUT2D eigenvalue weighted by Crippen LogP contribution is -2.08. The van der Waals surface area contributed by atoms with Crippen LogP contribution in [0.3, 0.4) is 0 Å². The highest BCUT2D eigenvalue weighted by Gasteiger charge is 2.11. The molecular formula is C22H25Cl2FO3. The minimum atomic E-state index is -0.771. The highest BCUT2D eigenvalue weighted by Crippen LogP contribution is 2.31. The molecule has 2 aromatic rings. The molecule has 0 aliphatic carbocycles. The highest BCUT2D eigenvalue weighted by molar-refractivity contribution is 6.30. The van der Waals surface area contributed by atoms with E-state index in [0.717, 1.165) is 41.9 Å². The van der Waals surface area contributed by atoms with Crippen LogP contribution >= 0.6 is 23.2 Å². The van der Waals surface area contributed by atoms with Crippen LogP contribution in [0.15, 0.2) is 47.8 Å². The molecule has 0 bridgehead atoms. The molecule has 0 radical (unpaired) electrons. The van der Waals surface area contributed by atoms with Gasteiger partial charge in [0.1, 0.15) is 23.9 Å². The van der Waals surface area contributed by atoms with Gasteiger partial charge in [-0.15, -0.1) is 0 Å². The van der Waals surface area contributed by atoms with Crippen molar-refractivity contribution >= 4 is 23.2 Å². The Morgan fingerprint density at radius 3 is 2.11 bits per heavy atom. The molecule has 0 aromatic heterocycles. The van der Waals surface area contributed by atoms with Crippen molar-refractivity contribution in [3.05, 3.63) is 63.9 Å². The van der Waals surface area contributed by atoms with E-state index in [4.69, 9.17) is 37.4 Å². The van der Waals surface area contributed by atoms with Crippen molar-refractivity contribution in [3.8, 4) is 17.2 Å². The highest BCUT2D eigenvalue weighted by atomic mass is 35.5. The minimum Gasteiger partial charge on any atom is -0.493 e. The van der Waals surface area contributed by atoms with E-state index < -0.39 is 5.29 Å². The summed E-state index contributed by atoms with van der Waals surface area (Å²) in [5, 5.41) is -0.0849. The van der Waals surface area contributed by atoms with Crippen LogP contribution in [0.2, 0.25) is 5.02 Å². The van der Waals surface area contributed by atoms with Crippen LogP contribution in [-0.4, -0.2) is 19.8 Å². The molecular weight excluding hydrogens is 402 g/mol. The number of benzene rings is 2. The lowest BCUT2D eigenvalue weighted by Gasteiger charge is -2.17. The van der Waals surface area contributed by atoms with E-state index in [9.17, 15) is 4.39 Å². The predicted molar refractivity (Wildman–Crippen MR) is 113 cm³/mol. The van der Waals surface area contributed by atoms with E-state index in [2.05, 4.69) is 13.8 Å². The second-order valence-corrected chi connectivity index (χ2v) is 6.88. The summed E-state index contributed by atoms with van der Waals surface area (Å²) in [6.07, 6.45) is 3.55. The van der Waals surface area contributed by atoms with Gasteiger partial charge in [-0.25, -0.2) is 0 Å². The molecule has 0 aliphatic rings. The molecule has 0 unspecified atom stereocenters. The fourth-order valence-electron chi connectivity index (χ4n) is 2.67. The maximum absolute atomic E-state index is 12.6. The van der Waals surface area contributed by atoms with Crippen LogP contribution in [0, 0.1) is 0 Å². The first kappa shape index (κ1) is 22.4. The van der Waals surface area contributed by atoms with Crippen LogP contribution in [0.5, 0.6) is 17.2 Å². The van der Waals surface area contributed by atoms with Gasteiger partial charge < -0.3 is 14.2 Å². The number of rotatable bonds is 11. The van der Waals surface area contributed by atoms with Gasteiger partial charge in [0.15, 0.2) is 5.29 Å². The molecule has 0 atom stereocenters. The van der Waals surface area contributed by atoms with E-state index in [-0.39, 0.29) is 6.61 Å². The Kier molecular flexibility index (Phi) is 9.45. The summed E-state index contributed by atoms with van der Waals surface area (Å²) in [7, 11) is 0. The van der Waals surface area contributed by atoms with Gasteiger partial charge in [0, 0.05) is 17.5 Å². The van der Waals surface area contributed by atoms with Gasteiger partial charge in [0.2, 0.25) is 0 Å². The van der Waals surface area contributed by atoms with Gasteiger partial charge in [0.05, 0.1) is 13.2 Å². The summed E-state index contributed by atoms with van der Waals surface area (Å²) in [5.74, 6) is 2.36. The Hall–Kier alpha value is -1.91. The quantitative estimate of drug-likeness (QED) is 0.372. The third kappa shape index (κ3) is 7.25. The summed E-state index contributed by atoms with van der Waals surface area (Å²) in [5.41, 5.74) is 2.12. The summed E-state index contributed by atoms with van der Waals surface area (Å²) in [6, 6.07) is 11.2. The Bertz CT molecular complexity index is 747. The molecule has 0 fully saturated rings. The van der Waals surface area contributed by atoms with Gasteiger partial charge >= 0.3 is 0 Å². The first-order chi connectivity index (χ1) is 13.5. The molecule has 0 N–H and O–H groups in total. The second-order valence-electron chi connectivity index (χ2n) is 6.09. The molecule has 6 heteroatoms. The molecule has 0 aliphatic heterocycles. The molecule has 3 nitrogen and oxygen atoms in total. The summed E-state index contributed by atoms with van der Waals surface area (Å²) in [6.45, 7) is 5.32. The van der Waals surface area contributed by atoms with Crippen molar-refractivity contribution in [1.29, 1.82) is 0 Å². The summed E-state index contributed by atoms with van der Waals surface area (Å²) >= 11 is 11.1. The fraction of sp³-hybridized carbons (Fsp3) is 0.364. The molecule has 0 saturated heterocycles. The van der Waals surface area contributed by atoms with Gasteiger partial charge in [0.25, 0.3) is 0 Å². The molecule has 0 spiro atoms. The SMILES string of the molecule is CCc1cc(OC/C=C(/F)Cl)cc(CC)c1OCCCOc1ccc(Cl)cc1. The average Bonchev–Trinajstić information content (AvgIpc) is 2.69. The lowest BCUT2D eigenvalue weighted by molar-refractivity contribution is 0.244. The van der Waals surface area contributed by atoms with Crippen LogP contribution in [-0.2, 0) is 12.8 Å². The van der Waals surface area contributed by atoms with Gasteiger partial charge in [-0.3, -0.25) is 0 Å². The Balaban J connectivity index is 1.91. The third-order valence-electron chi connectivity index (χ3n) is 4.08. The van der Waals surface area contributed by atoms with Gasteiger partial charge in [-0.05, 0) is 60.4 Å². The topological polar surface area (TPSA) is 27.7 Å². The minimum absolute atomic E-state index is 0.0872. The van der Waals surface area contributed by atoms with Gasteiger partial charge in [-0.2, -0.15) is 4.39 Å². The maximum atomic E-state index is 12.6. The standard InChI is InChI=1S/C22H25Cl2FO3/c1-3-16-14-20(27-13-10-21(24)25)15-17(4-2)22(16)28-12-5-11-26-19-8-6-18(23)7-9-19/h6-10,14-15H,3-5,11-13H2,1-2H3/b21-10+. The van der Waals surface area contributed by atoms with Crippen LogP contribution in [0.4, 0.5) is 4.39 Å². The van der Waals surface area contributed by atoms with Crippen molar-refractivity contribution in [2.75, 3.05) is 19.8 Å². The van der Waals surface area contributed by atoms with E-state index in [1.807, 2.05) is 24.3 Å². The Labute approximate surface area is 176 Å². The van der Waals surface area contributed by atoms with Crippen molar-refractivity contribution in [2.24, 2.45) is 0 Å². The summed E-state index contributed by atoms with van der Waals surface area (Å²) in [4.78, 5) is 0. The Morgan fingerprint density at radius 2 is 1.54 bits per heavy atom. The first-order valence-corrected chi connectivity index (χ1v) is 10.1. The van der Waals surface area contributed by atoms with Crippen LogP contribution in [0.25, 0.3) is 0 Å². The fourth-order valence-corrected chi connectivity index (χ4v) is 2.86. The van der Waals surface area contributed by atoms with E-state index in [0.29, 0.717) is 24.0 Å². The number of aryl methyl sites for hydroxylation is 2. The van der Waals surface area contributed by atoms with E-state index in [1.165, 1.54) is 6.08 Å². The van der Waals surface area contributed by atoms with Crippen molar-refractivity contribution in [2.45, 2.75) is 33.1 Å². The normalized spacial score (nSPS) is 11.4. The number of hydrogen-bond acceptors (Lipinski definition) is 3. The molecule has 0 heterocycles. The smallest absolute Gasteiger partial charge is 0.188 e. The molecule has 28 heavy (non-hydrogen) atoms. The average molecular weight is 427 g/mol. The molecule has 2 aromatic carbocycles. The molecule has 152 valence electrons.